The summed E-state index contributed by atoms with van der Waals surface area (Å²) in [4.78, 5) is 13.5. The molecule has 4 heterocycles. The van der Waals surface area contributed by atoms with Crippen molar-refractivity contribution >= 4 is 61.0 Å². The lowest BCUT2D eigenvalue weighted by molar-refractivity contribution is 0.332. The van der Waals surface area contributed by atoms with E-state index in [9.17, 15) is 0 Å². The van der Waals surface area contributed by atoms with E-state index in [4.69, 9.17) is 9.97 Å². The first-order valence-electron chi connectivity index (χ1n) is 19.9. The highest BCUT2D eigenvalue weighted by atomic mass is 32.1. The van der Waals surface area contributed by atoms with Gasteiger partial charge in [-0.05, 0) is 104 Å². The molecule has 3 aliphatic rings. The average Bonchev–Trinajstić information content (AvgIpc) is 3.42. The zero-order chi connectivity index (χ0) is 38.6. The lowest BCUT2D eigenvalue weighted by Gasteiger charge is -2.45. The standard InChI is InChI=1S/C48H60BN3S/c1-27-50-40-38-42(51-27)52(30-18-20-31-33(26-30)47(13,14)22-21-46(31,11)12)39-37-34(45(8,9)10)23-29(44(5,6)7)25-36(37)53-41(39)49(38)35-24-28(43(2,3)4)17-19-32(35)48(40,15)16/h17-20,23-26H,21-22H2,1-16H3. The van der Waals surface area contributed by atoms with E-state index < -0.39 is 0 Å². The van der Waals surface area contributed by atoms with Gasteiger partial charge in [-0.15, -0.1) is 11.3 Å². The third-order valence-corrected chi connectivity index (χ3v) is 14.3. The van der Waals surface area contributed by atoms with Gasteiger partial charge in [0.15, 0.2) is 0 Å². The molecule has 0 saturated carbocycles. The third kappa shape index (κ3) is 5.41. The maximum atomic E-state index is 5.50. The molecule has 0 radical (unpaired) electrons. The molecule has 0 N–H and O–H groups in total. The van der Waals surface area contributed by atoms with E-state index in [1.807, 2.05) is 11.3 Å². The first-order valence-corrected chi connectivity index (χ1v) is 20.7. The highest BCUT2D eigenvalue weighted by molar-refractivity contribution is 7.33. The molecular weight excluding hydrogens is 661 g/mol. The molecule has 5 heteroatoms. The van der Waals surface area contributed by atoms with Crippen molar-refractivity contribution in [2.45, 2.75) is 156 Å². The molecule has 0 spiro atoms. The average molecular weight is 722 g/mol. The van der Waals surface area contributed by atoms with Crippen LogP contribution >= 0.6 is 11.3 Å². The van der Waals surface area contributed by atoms with Crippen molar-refractivity contribution in [1.82, 2.24) is 9.97 Å². The van der Waals surface area contributed by atoms with Gasteiger partial charge in [0.2, 0.25) is 0 Å². The van der Waals surface area contributed by atoms with E-state index in [-0.39, 0.29) is 39.2 Å². The van der Waals surface area contributed by atoms with Crippen LogP contribution in [0.4, 0.5) is 17.2 Å². The zero-order valence-corrected chi connectivity index (χ0v) is 36.2. The van der Waals surface area contributed by atoms with Crippen molar-refractivity contribution in [3.8, 4) is 0 Å². The first kappa shape index (κ1) is 36.5. The Balaban J connectivity index is 1.55. The molecule has 0 unspecified atom stereocenters. The monoisotopic (exact) mass is 721 g/mol. The predicted molar refractivity (Wildman–Crippen MR) is 231 cm³/mol. The number of benzene rings is 3. The molecule has 53 heavy (non-hydrogen) atoms. The molecule has 0 saturated heterocycles. The predicted octanol–water partition coefficient (Wildman–Crippen LogP) is 11.2. The van der Waals surface area contributed by atoms with Crippen molar-refractivity contribution in [3.63, 3.8) is 0 Å². The quantitative estimate of drug-likeness (QED) is 0.158. The van der Waals surface area contributed by atoms with Crippen molar-refractivity contribution in [1.29, 1.82) is 0 Å². The van der Waals surface area contributed by atoms with Gasteiger partial charge in [0.1, 0.15) is 11.6 Å². The molecule has 3 nitrogen and oxygen atoms in total. The zero-order valence-electron chi connectivity index (χ0n) is 35.4. The second-order valence-electron chi connectivity index (χ2n) is 21.5. The number of nitrogens with zero attached hydrogens (tertiary/aromatic N) is 3. The third-order valence-electron chi connectivity index (χ3n) is 13.1. The van der Waals surface area contributed by atoms with E-state index in [2.05, 4.69) is 164 Å². The van der Waals surface area contributed by atoms with Gasteiger partial charge in [-0.25, -0.2) is 9.97 Å². The Morgan fingerprint density at radius 2 is 1.30 bits per heavy atom. The van der Waals surface area contributed by atoms with Crippen LogP contribution < -0.4 is 20.6 Å². The lowest BCUT2D eigenvalue weighted by atomic mass is 9.33. The van der Waals surface area contributed by atoms with Crippen LogP contribution in [-0.2, 0) is 32.5 Å². The second-order valence-corrected chi connectivity index (χ2v) is 22.6. The number of rotatable bonds is 1. The molecule has 5 aromatic rings. The molecule has 3 aromatic carbocycles. The van der Waals surface area contributed by atoms with Crippen LogP contribution in [0.15, 0.2) is 48.5 Å². The number of anilines is 3. The summed E-state index contributed by atoms with van der Waals surface area (Å²) in [5.41, 5.74) is 14.8. The normalized spacial score (nSPS) is 18.4. The summed E-state index contributed by atoms with van der Waals surface area (Å²) < 4.78 is 2.78. The topological polar surface area (TPSA) is 29.0 Å². The van der Waals surface area contributed by atoms with Gasteiger partial charge in [0.25, 0.3) is 6.71 Å². The summed E-state index contributed by atoms with van der Waals surface area (Å²) in [6, 6.07) is 19.7. The summed E-state index contributed by atoms with van der Waals surface area (Å²) in [6.45, 7) is 37.9. The highest BCUT2D eigenvalue weighted by Gasteiger charge is 2.50. The SMILES string of the molecule is Cc1nc2c3c(n1)C(C)(C)c1ccc(C(C)(C)C)cc1B3c1sc3cc(C(C)(C)C)cc(C(C)(C)C)c3c1N2c1ccc2c(c1)C(C)(C)CCC2(C)C. The van der Waals surface area contributed by atoms with Crippen LogP contribution in [0.25, 0.3) is 10.1 Å². The van der Waals surface area contributed by atoms with Crippen LogP contribution in [0.5, 0.6) is 0 Å². The molecule has 1 aliphatic carbocycles. The number of hydrogen-bond acceptors (Lipinski definition) is 4. The van der Waals surface area contributed by atoms with Gasteiger partial charge in [-0.2, -0.15) is 0 Å². The maximum Gasteiger partial charge on any atom is 0.264 e. The minimum absolute atomic E-state index is 0.0248. The van der Waals surface area contributed by atoms with Gasteiger partial charge < -0.3 is 0 Å². The summed E-state index contributed by atoms with van der Waals surface area (Å²) in [6.07, 6.45) is 2.38. The largest absolute Gasteiger partial charge is 0.294 e. The second kappa shape index (κ2) is 11.1. The lowest BCUT2D eigenvalue weighted by Crippen LogP contribution is -2.64. The van der Waals surface area contributed by atoms with Crippen LogP contribution in [0.3, 0.4) is 0 Å². The van der Waals surface area contributed by atoms with Crippen LogP contribution in [-0.4, -0.2) is 16.7 Å². The van der Waals surface area contributed by atoms with Gasteiger partial charge in [-0.3, -0.25) is 4.90 Å². The molecule has 0 bridgehead atoms. The Labute approximate surface area is 324 Å². The smallest absolute Gasteiger partial charge is 0.264 e. The highest BCUT2D eigenvalue weighted by Crippen LogP contribution is 2.52. The van der Waals surface area contributed by atoms with Gasteiger partial charge in [-0.1, -0.05) is 140 Å². The van der Waals surface area contributed by atoms with E-state index in [0.29, 0.717) is 0 Å². The Bertz CT molecular complexity index is 2350. The van der Waals surface area contributed by atoms with E-state index >= 15 is 0 Å². The Kier molecular flexibility index (Phi) is 7.64. The molecule has 0 amide bonds. The van der Waals surface area contributed by atoms with Crippen LogP contribution in [0.2, 0.25) is 0 Å². The molecular formula is C48H60BN3S. The van der Waals surface area contributed by atoms with Gasteiger partial charge in [0, 0.05) is 26.0 Å². The fraction of sp³-hybridized carbons (Fsp3) is 0.500. The summed E-state index contributed by atoms with van der Waals surface area (Å²) in [7, 11) is 0. The van der Waals surface area contributed by atoms with Crippen molar-refractivity contribution in [2.75, 3.05) is 4.90 Å². The fourth-order valence-corrected chi connectivity index (χ4v) is 11.0. The summed E-state index contributed by atoms with van der Waals surface area (Å²) in [5, 5.41) is 1.38. The Morgan fingerprint density at radius 1 is 0.679 bits per heavy atom. The first-order chi connectivity index (χ1) is 24.3. The Hall–Kier alpha value is -3.44. The minimum Gasteiger partial charge on any atom is -0.294 e. The van der Waals surface area contributed by atoms with E-state index in [1.165, 1.54) is 89.1 Å². The van der Waals surface area contributed by atoms with Crippen LogP contribution in [0, 0.1) is 6.92 Å². The molecule has 2 aromatic heterocycles. The number of fused-ring (bicyclic) bond motifs is 7. The fourth-order valence-electron chi connectivity index (χ4n) is 9.62. The molecule has 8 rings (SSSR count). The van der Waals surface area contributed by atoms with Crippen molar-refractivity contribution < 1.29 is 0 Å². The van der Waals surface area contributed by atoms with Gasteiger partial charge >= 0.3 is 0 Å². The number of thiophene rings is 1. The Morgan fingerprint density at radius 3 is 1.92 bits per heavy atom. The van der Waals surface area contributed by atoms with E-state index in [0.717, 1.165) is 11.6 Å². The summed E-state index contributed by atoms with van der Waals surface area (Å²) in [5.74, 6) is 1.89. The maximum absolute atomic E-state index is 5.50. The molecule has 0 atom stereocenters. The number of aromatic nitrogens is 2. The minimum atomic E-state index is -0.280. The van der Waals surface area contributed by atoms with Crippen molar-refractivity contribution in [2.24, 2.45) is 0 Å². The van der Waals surface area contributed by atoms with Crippen molar-refractivity contribution in [3.05, 3.63) is 93.4 Å². The van der Waals surface area contributed by atoms with Crippen LogP contribution in [0.1, 0.15) is 162 Å². The molecule has 0 fully saturated rings. The van der Waals surface area contributed by atoms with E-state index in [1.54, 1.807) is 0 Å². The summed E-state index contributed by atoms with van der Waals surface area (Å²) >= 11 is 2.01. The molecule has 2 aliphatic heterocycles. The van der Waals surface area contributed by atoms with Gasteiger partial charge in [0.05, 0.1) is 11.4 Å². The number of hydrogen-bond donors (Lipinski definition) is 0. The molecule has 276 valence electrons. The number of aryl methyl sites for hydroxylation is 1.